The van der Waals surface area contributed by atoms with E-state index in [1.807, 2.05) is 13.0 Å². The minimum absolute atomic E-state index is 0.00914. The van der Waals surface area contributed by atoms with Crippen LogP contribution >= 0.6 is 0 Å². The standard InChI is InChI=1S/C72H103N19O19/c1-6-7-29-78-64(102)53(91-70(108)51(84-57(94)27-28-73)34-44-33-43-16-11-12-17-46(43)82-44)36-58(95)83-48(24-26-61(98)99)66(104)81-40(4)62(100)89-52(63(101)77-5)35-59(96)85-50(32-41-19-21-45(92)22-20-41)69(107)88-49(23-25-56(74)93)68(106)87-47(18-13-30-79-72(75)76)67(105)90-54(65(103)80-38-42-14-9-8-10-15-42)37-60(97)86-55(71(109)110)31-39(2)3/h8-12,14-17,19-22,33,39-40,47-55,82,92H,6-7,13,18,23-32,34-38,73H2,1-5H3,(H2,74,93)(H,77,101)(H,78,102)(H,80,103)(H,81,104)(H,83,95)(H,84,94)(H,85,96)(H,86,97)(H,87,106)(H,88,107)(H,89,100)(H,90,105)(H,91,108)(H,98,99)(H,109,110)(H4,75,76,79)/t40-,47-,48-,49-,50-,51-,52-,53-,54-,55-/m0/s1. The fourth-order valence-corrected chi connectivity index (χ4v) is 11.0. The number of rotatable bonds is 49. The van der Waals surface area contributed by atoms with E-state index in [-0.39, 0.29) is 75.5 Å². The van der Waals surface area contributed by atoms with Crippen molar-refractivity contribution in [2.24, 2.45) is 23.1 Å². The van der Waals surface area contributed by atoms with Crippen LogP contribution in [0.25, 0.3) is 10.9 Å². The van der Waals surface area contributed by atoms with E-state index in [2.05, 4.69) is 79.4 Å². The highest BCUT2D eigenvalue weighted by molar-refractivity contribution is 6.00. The monoisotopic (exact) mass is 1540 g/mol. The van der Waals surface area contributed by atoms with Crippen LogP contribution in [0.1, 0.15) is 128 Å². The molecule has 0 radical (unpaired) electrons. The molecule has 38 heteroatoms. The molecule has 4 aromatic rings. The molecule has 38 nitrogen and oxygen atoms in total. The van der Waals surface area contributed by atoms with E-state index in [1.165, 1.54) is 24.3 Å². The number of hydrogen-bond donors (Lipinski definition) is 22. The molecule has 4 rings (SSSR count). The van der Waals surface area contributed by atoms with Crippen molar-refractivity contribution in [2.45, 2.75) is 191 Å². The molecular formula is C72H103N19O19. The van der Waals surface area contributed by atoms with E-state index < -0.39 is 212 Å². The van der Waals surface area contributed by atoms with Gasteiger partial charge >= 0.3 is 11.9 Å². The van der Waals surface area contributed by atoms with Gasteiger partial charge in [-0.3, -0.25) is 77.3 Å². The second-order valence-electron chi connectivity index (χ2n) is 26.5. The molecule has 0 bridgehead atoms. The number of phenolic OH excluding ortho intramolecular Hbond substituents is 1. The lowest BCUT2D eigenvalue weighted by molar-refractivity contribution is -0.142. The molecule has 0 aliphatic rings. The minimum Gasteiger partial charge on any atom is -0.508 e. The number of carbonyl (C=O) groups excluding carboxylic acids is 14. The van der Waals surface area contributed by atoms with Crippen molar-refractivity contribution >= 4 is 112 Å². The zero-order chi connectivity index (χ0) is 81.6. The summed E-state index contributed by atoms with van der Waals surface area (Å²) in [6, 6.07) is 6.45. The smallest absolute Gasteiger partial charge is 0.326 e. The second kappa shape index (κ2) is 46.7. The number of unbranched alkanes of at least 4 members (excludes halogenated alkanes) is 1. The highest BCUT2D eigenvalue weighted by atomic mass is 16.4. The number of aliphatic carboxylic acids is 2. The van der Waals surface area contributed by atoms with Gasteiger partial charge in [-0.05, 0) is 92.1 Å². The number of hydrogen-bond acceptors (Lipinski definition) is 19. The SMILES string of the molecule is CCCCNC(=O)[C@H](CC(=O)N[C@@H](CCC(=O)O)C(=O)N[C@@H](C)C(=O)N[C@@H](CC(=O)N[C@@H](Cc1ccc(O)cc1)C(=O)N[C@@H](CCC(N)=O)C(=O)N[C@@H](CCCNC(=N)N)C(=O)N[C@@H](CC(=O)N[C@@H](CC(C)C)C(=O)O)C(=O)NCc1ccccc1)C(=O)NC)NC(=O)[C@H](Cc1cc2ccccc2[nH]1)NC(=O)CCN. The van der Waals surface area contributed by atoms with E-state index in [4.69, 9.17) is 22.6 Å². The summed E-state index contributed by atoms with van der Waals surface area (Å²) in [7, 11) is 1.15. The number of nitrogens with one attached hydrogen (secondary N) is 16. The van der Waals surface area contributed by atoms with E-state index >= 15 is 0 Å². The number of amides is 14. The molecule has 0 saturated heterocycles. The largest absolute Gasteiger partial charge is 0.508 e. The van der Waals surface area contributed by atoms with E-state index in [0.29, 0.717) is 24.1 Å². The average molecular weight is 1540 g/mol. The normalized spacial score (nSPS) is 13.7. The Morgan fingerprint density at radius 3 is 1.50 bits per heavy atom. The highest BCUT2D eigenvalue weighted by Crippen LogP contribution is 2.18. The summed E-state index contributed by atoms with van der Waals surface area (Å²) in [4.78, 5) is 221. The summed E-state index contributed by atoms with van der Waals surface area (Å²) in [6.45, 7) is 6.38. The molecule has 14 amide bonds. The number of nitrogens with two attached hydrogens (primary N) is 3. The summed E-state index contributed by atoms with van der Waals surface area (Å²) < 4.78 is 0. The lowest BCUT2D eigenvalue weighted by Gasteiger charge is -2.27. The van der Waals surface area contributed by atoms with Crippen LogP contribution in [0, 0.1) is 11.3 Å². The summed E-state index contributed by atoms with van der Waals surface area (Å²) in [5.41, 5.74) is 18.8. The van der Waals surface area contributed by atoms with Crippen molar-refractivity contribution in [3.05, 3.63) is 102 Å². The lowest BCUT2D eigenvalue weighted by Crippen LogP contribution is -2.59. The highest BCUT2D eigenvalue weighted by Gasteiger charge is 2.37. The van der Waals surface area contributed by atoms with Crippen LogP contribution in [0.15, 0.2) is 84.9 Å². The van der Waals surface area contributed by atoms with Gasteiger partial charge in [-0.1, -0.05) is 87.9 Å². The first-order valence-corrected chi connectivity index (χ1v) is 35.8. The van der Waals surface area contributed by atoms with Gasteiger partial charge < -0.3 is 112 Å². The fourth-order valence-electron chi connectivity index (χ4n) is 11.0. The number of likely N-dealkylation sites (N-methyl/N-ethyl adjacent to an activating group) is 1. The second-order valence-corrected chi connectivity index (χ2v) is 26.5. The number of guanidine groups is 1. The molecule has 0 aliphatic heterocycles. The molecule has 0 unspecified atom stereocenters. The quantitative estimate of drug-likeness (QED) is 0.0116. The number of H-pyrrole nitrogens is 1. The Labute approximate surface area is 634 Å². The zero-order valence-electron chi connectivity index (χ0n) is 62.0. The van der Waals surface area contributed by atoms with Crippen LogP contribution in [-0.2, 0) is 96.1 Å². The van der Waals surface area contributed by atoms with Gasteiger partial charge in [0.1, 0.15) is 66.2 Å². The van der Waals surface area contributed by atoms with Gasteiger partial charge in [0.2, 0.25) is 82.7 Å². The van der Waals surface area contributed by atoms with Gasteiger partial charge in [-0.15, -0.1) is 0 Å². The van der Waals surface area contributed by atoms with Crippen molar-refractivity contribution < 1.29 is 92.0 Å². The fraction of sp³-hybridized carbons (Fsp3) is 0.486. The van der Waals surface area contributed by atoms with Gasteiger partial charge in [0.05, 0.1) is 19.3 Å². The van der Waals surface area contributed by atoms with E-state index in [1.54, 1.807) is 68.4 Å². The number of aromatic nitrogens is 1. The minimum atomic E-state index is -1.79. The Morgan fingerprint density at radius 1 is 0.473 bits per heavy atom. The molecule has 25 N–H and O–H groups in total. The van der Waals surface area contributed by atoms with Gasteiger partial charge in [-0.2, -0.15) is 0 Å². The molecule has 600 valence electrons. The molecule has 1 aromatic heterocycles. The van der Waals surface area contributed by atoms with Crippen molar-refractivity contribution in [2.75, 3.05) is 26.7 Å². The Morgan fingerprint density at radius 2 is 0.955 bits per heavy atom. The Hall–Kier alpha value is -12.3. The predicted octanol–water partition coefficient (Wildman–Crippen LogP) is -3.45. The average Bonchev–Trinajstić information content (AvgIpc) is 1.53. The Balaban J connectivity index is 1.58. The van der Waals surface area contributed by atoms with Crippen LogP contribution in [0.5, 0.6) is 5.75 Å². The number of benzene rings is 3. The van der Waals surface area contributed by atoms with Gasteiger partial charge in [0, 0.05) is 76.5 Å². The Kier molecular flexibility index (Phi) is 38.3. The first-order chi connectivity index (χ1) is 52.2. The number of carbonyl (C=O) groups is 16. The number of aromatic hydroxyl groups is 1. The topological polar surface area (TPSA) is 620 Å². The summed E-state index contributed by atoms with van der Waals surface area (Å²) in [5.74, 6) is -17.5. The number of primary amides is 1. The summed E-state index contributed by atoms with van der Waals surface area (Å²) >= 11 is 0. The maximum Gasteiger partial charge on any atom is 0.326 e. The third-order valence-electron chi connectivity index (χ3n) is 16.8. The number of para-hydroxylation sites is 1. The summed E-state index contributed by atoms with van der Waals surface area (Å²) in [6.07, 6.45) is -4.80. The molecular weight excluding hydrogens is 1430 g/mol. The lowest BCUT2D eigenvalue weighted by atomic mass is 10.0. The number of fused-ring (bicyclic) bond motifs is 1. The van der Waals surface area contributed by atoms with Crippen LogP contribution in [0.3, 0.4) is 0 Å². The molecule has 1 heterocycles. The van der Waals surface area contributed by atoms with Gasteiger partial charge in [-0.25, -0.2) is 4.79 Å². The molecule has 10 atom stereocenters. The van der Waals surface area contributed by atoms with Crippen molar-refractivity contribution in [3.63, 3.8) is 0 Å². The zero-order valence-corrected chi connectivity index (χ0v) is 62.0. The molecule has 0 fully saturated rings. The van der Waals surface area contributed by atoms with E-state index in [9.17, 15) is 92.0 Å². The van der Waals surface area contributed by atoms with Crippen LogP contribution in [-0.4, -0.2) is 208 Å². The molecule has 3 aromatic carbocycles. The maximum absolute atomic E-state index is 14.6. The van der Waals surface area contributed by atoms with Crippen molar-refractivity contribution in [1.82, 2.24) is 79.4 Å². The molecule has 0 aliphatic carbocycles. The molecule has 0 spiro atoms. The molecule has 0 saturated carbocycles. The van der Waals surface area contributed by atoms with Gasteiger partial charge in [0.15, 0.2) is 5.96 Å². The third-order valence-corrected chi connectivity index (χ3v) is 16.8. The molecule has 110 heavy (non-hydrogen) atoms. The van der Waals surface area contributed by atoms with Crippen LogP contribution in [0.2, 0.25) is 0 Å². The number of aromatic amines is 1. The predicted molar refractivity (Wildman–Crippen MR) is 398 cm³/mol. The first kappa shape index (κ1) is 90.1. The Bertz CT molecular complexity index is 3820. The number of phenols is 1. The third kappa shape index (κ3) is 33.3. The number of carboxylic acids is 2. The maximum atomic E-state index is 14.6. The van der Waals surface area contributed by atoms with E-state index in [0.717, 1.165) is 24.9 Å². The van der Waals surface area contributed by atoms with Crippen molar-refractivity contribution in [3.8, 4) is 5.75 Å². The van der Waals surface area contributed by atoms with Gasteiger partial charge in [0.25, 0.3) is 0 Å². The van der Waals surface area contributed by atoms with Crippen LogP contribution in [0.4, 0.5) is 0 Å². The summed E-state index contributed by atoms with van der Waals surface area (Å²) in [5, 5.41) is 72.6. The van der Waals surface area contributed by atoms with Crippen molar-refractivity contribution in [1.29, 1.82) is 5.41 Å². The first-order valence-electron chi connectivity index (χ1n) is 35.8. The number of carboxylic acid groups (broad SMARTS) is 2. The van der Waals surface area contributed by atoms with Crippen LogP contribution < -0.4 is 91.6 Å².